The fraction of sp³-hybridized carbons (Fsp3) is 0.417. The maximum Gasteiger partial charge on any atom is 0.320 e. The molecule has 1 aliphatic rings. The number of aliphatic carboxylic acids is 1. The van der Waals surface area contributed by atoms with Gasteiger partial charge in [0.15, 0.2) is 0 Å². The van der Waals surface area contributed by atoms with E-state index >= 15 is 0 Å². The van der Waals surface area contributed by atoms with Crippen LogP contribution in [0.4, 0.5) is 4.39 Å². The SMILES string of the molecule is CN1CC(c2cccc(F)c2)CC1C(=O)O. The Labute approximate surface area is 93.5 Å². The van der Waals surface area contributed by atoms with Crippen molar-refractivity contribution in [2.45, 2.75) is 18.4 Å². The van der Waals surface area contributed by atoms with Crippen molar-refractivity contribution in [3.8, 4) is 0 Å². The van der Waals surface area contributed by atoms with Crippen LogP contribution in [0.15, 0.2) is 24.3 Å². The number of benzene rings is 1. The maximum absolute atomic E-state index is 13.0. The van der Waals surface area contributed by atoms with Crippen LogP contribution in [0.2, 0.25) is 0 Å². The molecule has 1 aromatic carbocycles. The Morgan fingerprint density at radius 1 is 1.56 bits per heavy atom. The Hall–Kier alpha value is -1.42. The summed E-state index contributed by atoms with van der Waals surface area (Å²) in [6, 6.07) is 5.96. The van der Waals surface area contributed by atoms with Crippen LogP contribution in [0.5, 0.6) is 0 Å². The number of halogens is 1. The van der Waals surface area contributed by atoms with E-state index in [0.29, 0.717) is 13.0 Å². The van der Waals surface area contributed by atoms with Crippen LogP contribution in [-0.4, -0.2) is 35.6 Å². The molecule has 0 radical (unpaired) electrons. The number of carboxylic acid groups (broad SMARTS) is 1. The van der Waals surface area contributed by atoms with Gasteiger partial charge in [0.2, 0.25) is 0 Å². The third-order valence-electron chi connectivity index (χ3n) is 3.15. The second kappa shape index (κ2) is 4.22. The Bertz CT molecular complexity index is 408. The molecule has 0 aliphatic carbocycles. The number of hydrogen-bond donors (Lipinski definition) is 1. The highest BCUT2D eigenvalue weighted by Crippen LogP contribution is 2.30. The van der Waals surface area contributed by atoms with Crippen molar-refractivity contribution in [2.24, 2.45) is 0 Å². The second-order valence-electron chi connectivity index (χ2n) is 4.28. The minimum Gasteiger partial charge on any atom is -0.480 e. The maximum atomic E-state index is 13.0. The van der Waals surface area contributed by atoms with Gasteiger partial charge in [0.25, 0.3) is 0 Å². The monoisotopic (exact) mass is 223 g/mol. The van der Waals surface area contributed by atoms with Gasteiger partial charge in [0, 0.05) is 6.54 Å². The summed E-state index contributed by atoms with van der Waals surface area (Å²) in [4.78, 5) is 12.7. The van der Waals surface area contributed by atoms with Gasteiger partial charge in [-0.05, 0) is 37.1 Å². The fourth-order valence-corrected chi connectivity index (χ4v) is 2.29. The number of likely N-dealkylation sites (tertiary alicyclic amines) is 1. The molecule has 16 heavy (non-hydrogen) atoms. The van der Waals surface area contributed by atoms with Crippen LogP contribution in [0.25, 0.3) is 0 Å². The van der Waals surface area contributed by atoms with Crippen molar-refractivity contribution in [1.82, 2.24) is 4.90 Å². The van der Waals surface area contributed by atoms with Gasteiger partial charge in [-0.15, -0.1) is 0 Å². The van der Waals surface area contributed by atoms with Crippen LogP contribution in [0, 0.1) is 5.82 Å². The van der Waals surface area contributed by atoms with Gasteiger partial charge in [-0.1, -0.05) is 12.1 Å². The third kappa shape index (κ3) is 2.07. The van der Waals surface area contributed by atoms with Crippen LogP contribution in [0.3, 0.4) is 0 Å². The molecule has 86 valence electrons. The van der Waals surface area contributed by atoms with E-state index in [-0.39, 0.29) is 11.7 Å². The van der Waals surface area contributed by atoms with Gasteiger partial charge in [-0.3, -0.25) is 9.69 Å². The van der Waals surface area contributed by atoms with Crippen LogP contribution in [0.1, 0.15) is 17.9 Å². The molecule has 0 saturated carbocycles. The lowest BCUT2D eigenvalue weighted by atomic mass is 9.96. The van der Waals surface area contributed by atoms with Crippen molar-refractivity contribution in [3.63, 3.8) is 0 Å². The molecule has 2 unspecified atom stereocenters. The topological polar surface area (TPSA) is 40.5 Å². The molecule has 0 spiro atoms. The summed E-state index contributed by atoms with van der Waals surface area (Å²) in [5.41, 5.74) is 0.885. The average molecular weight is 223 g/mol. The average Bonchev–Trinajstić information content (AvgIpc) is 2.60. The minimum atomic E-state index is -0.804. The number of hydrogen-bond acceptors (Lipinski definition) is 2. The lowest BCUT2D eigenvalue weighted by Crippen LogP contribution is -2.32. The Morgan fingerprint density at radius 3 is 2.88 bits per heavy atom. The summed E-state index contributed by atoms with van der Waals surface area (Å²) in [5.74, 6) is -0.956. The molecule has 3 nitrogen and oxygen atoms in total. The molecule has 4 heteroatoms. The molecule has 0 aromatic heterocycles. The van der Waals surface area contributed by atoms with Gasteiger partial charge in [-0.25, -0.2) is 4.39 Å². The Kier molecular flexibility index (Phi) is 2.92. The first kappa shape index (κ1) is 11.1. The predicted molar refractivity (Wildman–Crippen MR) is 57.8 cm³/mol. The van der Waals surface area contributed by atoms with Crippen molar-refractivity contribution in [2.75, 3.05) is 13.6 Å². The molecule has 0 bridgehead atoms. The number of likely N-dealkylation sites (N-methyl/N-ethyl adjacent to an activating group) is 1. The molecule has 1 saturated heterocycles. The lowest BCUT2D eigenvalue weighted by Gasteiger charge is -2.13. The van der Waals surface area contributed by atoms with E-state index < -0.39 is 12.0 Å². The Balaban J connectivity index is 2.16. The molecular formula is C12H14FNO2. The smallest absolute Gasteiger partial charge is 0.320 e. The van der Waals surface area contributed by atoms with Gasteiger partial charge < -0.3 is 5.11 Å². The fourth-order valence-electron chi connectivity index (χ4n) is 2.29. The predicted octanol–water partition coefficient (Wildman–Crippen LogP) is 1.70. The number of carboxylic acids is 1. The van der Waals surface area contributed by atoms with Crippen LogP contribution >= 0.6 is 0 Å². The number of nitrogens with zero attached hydrogens (tertiary/aromatic N) is 1. The molecule has 1 aliphatic heterocycles. The summed E-state index contributed by atoms with van der Waals surface area (Å²) in [7, 11) is 1.79. The zero-order valence-corrected chi connectivity index (χ0v) is 9.06. The van der Waals surface area contributed by atoms with E-state index in [4.69, 9.17) is 5.11 Å². The largest absolute Gasteiger partial charge is 0.480 e. The normalized spacial score (nSPS) is 25.9. The molecule has 1 aromatic rings. The summed E-state index contributed by atoms with van der Waals surface area (Å²) < 4.78 is 13.0. The first-order valence-corrected chi connectivity index (χ1v) is 5.26. The van der Waals surface area contributed by atoms with E-state index in [1.807, 2.05) is 6.07 Å². The molecule has 1 N–H and O–H groups in total. The van der Waals surface area contributed by atoms with Crippen molar-refractivity contribution >= 4 is 5.97 Å². The first-order chi connectivity index (χ1) is 7.58. The molecule has 1 fully saturated rings. The molecule has 2 rings (SSSR count). The summed E-state index contributed by atoms with van der Waals surface area (Å²) >= 11 is 0. The van der Waals surface area contributed by atoms with E-state index in [1.54, 1.807) is 18.0 Å². The first-order valence-electron chi connectivity index (χ1n) is 5.26. The third-order valence-corrected chi connectivity index (χ3v) is 3.15. The Morgan fingerprint density at radius 2 is 2.31 bits per heavy atom. The molecular weight excluding hydrogens is 209 g/mol. The number of carbonyl (C=O) groups is 1. The van der Waals surface area contributed by atoms with Gasteiger partial charge in [0.05, 0.1) is 0 Å². The van der Waals surface area contributed by atoms with E-state index in [1.165, 1.54) is 12.1 Å². The molecule has 1 heterocycles. The minimum absolute atomic E-state index is 0.113. The lowest BCUT2D eigenvalue weighted by molar-refractivity contribution is -0.141. The van der Waals surface area contributed by atoms with Crippen molar-refractivity contribution in [3.05, 3.63) is 35.6 Å². The zero-order valence-electron chi connectivity index (χ0n) is 9.06. The van der Waals surface area contributed by atoms with Gasteiger partial charge in [-0.2, -0.15) is 0 Å². The molecule has 2 atom stereocenters. The quantitative estimate of drug-likeness (QED) is 0.829. The number of rotatable bonds is 2. The van der Waals surface area contributed by atoms with E-state index in [9.17, 15) is 9.18 Å². The summed E-state index contributed by atoms with van der Waals surface area (Å²) in [5, 5.41) is 8.99. The highest BCUT2D eigenvalue weighted by Gasteiger charge is 2.34. The van der Waals surface area contributed by atoms with Gasteiger partial charge in [0.1, 0.15) is 11.9 Å². The van der Waals surface area contributed by atoms with Crippen LogP contribution in [-0.2, 0) is 4.79 Å². The highest BCUT2D eigenvalue weighted by molar-refractivity contribution is 5.74. The van der Waals surface area contributed by atoms with Crippen molar-refractivity contribution < 1.29 is 14.3 Å². The summed E-state index contributed by atoms with van der Waals surface area (Å²) in [6.07, 6.45) is 0.551. The van der Waals surface area contributed by atoms with Crippen LogP contribution < -0.4 is 0 Å². The highest BCUT2D eigenvalue weighted by atomic mass is 19.1. The standard InChI is InChI=1S/C12H14FNO2/c1-14-7-9(6-11(14)12(15)16)8-3-2-4-10(13)5-8/h2-5,9,11H,6-7H2,1H3,(H,15,16). The van der Waals surface area contributed by atoms with E-state index in [2.05, 4.69) is 0 Å². The van der Waals surface area contributed by atoms with Gasteiger partial charge >= 0.3 is 5.97 Å². The second-order valence-corrected chi connectivity index (χ2v) is 4.28. The zero-order chi connectivity index (χ0) is 11.7. The van der Waals surface area contributed by atoms with E-state index in [0.717, 1.165) is 5.56 Å². The molecule has 0 amide bonds. The summed E-state index contributed by atoms with van der Waals surface area (Å²) in [6.45, 7) is 0.667. The van der Waals surface area contributed by atoms with Crippen molar-refractivity contribution in [1.29, 1.82) is 0 Å².